The summed E-state index contributed by atoms with van der Waals surface area (Å²) in [4.78, 5) is 13.3. The fourth-order valence-corrected chi connectivity index (χ4v) is 2.94. The highest BCUT2D eigenvalue weighted by Gasteiger charge is 2.23. The van der Waals surface area contributed by atoms with Crippen LogP contribution in [0.3, 0.4) is 0 Å². The minimum Gasteiger partial charge on any atom is -0.490 e. The SMILES string of the molecule is O=C(CSc1ccc(Br)cc1)c1cccc(OC2CC2)c1. The van der Waals surface area contributed by atoms with E-state index in [1.165, 1.54) is 0 Å². The number of carbonyl (C=O) groups excluding carboxylic acids is 1. The Bertz CT molecular complexity index is 635. The number of ketones is 1. The fourth-order valence-electron chi connectivity index (χ4n) is 1.88. The molecule has 1 saturated carbocycles. The summed E-state index contributed by atoms with van der Waals surface area (Å²) in [6, 6.07) is 15.5. The molecule has 2 aromatic carbocycles. The van der Waals surface area contributed by atoms with Gasteiger partial charge in [-0.3, -0.25) is 4.79 Å². The summed E-state index contributed by atoms with van der Waals surface area (Å²) in [5.74, 6) is 1.37. The van der Waals surface area contributed by atoms with Crippen molar-refractivity contribution in [3.05, 3.63) is 58.6 Å². The van der Waals surface area contributed by atoms with E-state index in [1.54, 1.807) is 11.8 Å². The molecule has 2 aromatic rings. The summed E-state index contributed by atoms with van der Waals surface area (Å²) in [5, 5.41) is 0. The van der Waals surface area contributed by atoms with Crippen LogP contribution in [0.1, 0.15) is 23.2 Å². The lowest BCUT2D eigenvalue weighted by Gasteiger charge is -2.06. The number of Topliss-reactive ketones (excluding diaryl/α,β-unsaturated/α-hetero) is 1. The molecule has 1 aliphatic carbocycles. The van der Waals surface area contributed by atoms with Crippen molar-refractivity contribution in [3.63, 3.8) is 0 Å². The van der Waals surface area contributed by atoms with Crippen molar-refractivity contribution < 1.29 is 9.53 Å². The third kappa shape index (κ3) is 4.35. The van der Waals surface area contributed by atoms with Gasteiger partial charge in [-0.2, -0.15) is 0 Å². The zero-order chi connectivity index (χ0) is 14.7. The number of thioether (sulfide) groups is 1. The maximum atomic E-state index is 12.3. The highest BCUT2D eigenvalue weighted by Crippen LogP contribution is 2.28. The topological polar surface area (TPSA) is 26.3 Å². The summed E-state index contributed by atoms with van der Waals surface area (Å²) in [5.41, 5.74) is 0.720. The molecule has 0 bridgehead atoms. The maximum Gasteiger partial charge on any atom is 0.173 e. The Morgan fingerprint density at radius 2 is 1.95 bits per heavy atom. The lowest BCUT2D eigenvalue weighted by Crippen LogP contribution is -2.03. The number of carbonyl (C=O) groups is 1. The van der Waals surface area contributed by atoms with Gasteiger partial charge in [0.2, 0.25) is 0 Å². The highest BCUT2D eigenvalue weighted by atomic mass is 79.9. The van der Waals surface area contributed by atoms with Gasteiger partial charge in [0.25, 0.3) is 0 Å². The van der Waals surface area contributed by atoms with E-state index >= 15 is 0 Å². The number of rotatable bonds is 6. The molecule has 1 fully saturated rings. The summed E-state index contributed by atoms with van der Waals surface area (Å²) in [6.07, 6.45) is 2.60. The van der Waals surface area contributed by atoms with E-state index in [4.69, 9.17) is 4.74 Å². The summed E-state index contributed by atoms with van der Waals surface area (Å²) in [7, 11) is 0. The predicted octanol–water partition coefficient (Wildman–Crippen LogP) is 4.97. The molecule has 108 valence electrons. The molecular formula is C17H15BrO2S. The molecule has 0 spiro atoms. The Labute approximate surface area is 137 Å². The number of ether oxygens (including phenoxy) is 1. The standard InChI is InChI=1S/C17H15BrO2S/c18-13-4-8-16(9-5-13)21-11-17(19)12-2-1-3-15(10-12)20-14-6-7-14/h1-5,8-10,14H,6-7,11H2. The van der Waals surface area contributed by atoms with E-state index in [-0.39, 0.29) is 5.78 Å². The second kappa shape index (κ2) is 6.67. The molecule has 0 aliphatic heterocycles. The molecule has 2 nitrogen and oxygen atoms in total. The molecule has 0 atom stereocenters. The van der Waals surface area contributed by atoms with Crippen LogP contribution < -0.4 is 4.74 Å². The van der Waals surface area contributed by atoms with Crippen LogP contribution in [0, 0.1) is 0 Å². The lowest BCUT2D eigenvalue weighted by atomic mass is 10.1. The first-order chi connectivity index (χ1) is 10.2. The molecule has 4 heteroatoms. The average Bonchev–Trinajstić information content (AvgIpc) is 3.30. The van der Waals surface area contributed by atoms with Crippen LogP contribution in [0.15, 0.2) is 57.9 Å². The molecule has 0 N–H and O–H groups in total. The van der Waals surface area contributed by atoms with Gasteiger partial charge in [-0.1, -0.05) is 28.1 Å². The lowest BCUT2D eigenvalue weighted by molar-refractivity contribution is 0.102. The second-order valence-corrected chi connectivity index (χ2v) is 6.98. The van der Waals surface area contributed by atoms with Crippen molar-refractivity contribution in [2.75, 3.05) is 5.75 Å². The first-order valence-electron chi connectivity index (χ1n) is 6.89. The molecule has 3 rings (SSSR count). The van der Waals surface area contributed by atoms with Gasteiger partial charge in [0, 0.05) is 14.9 Å². The Kier molecular flexibility index (Phi) is 4.66. The van der Waals surface area contributed by atoms with Crippen molar-refractivity contribution in [1.29, 1.82) is 0 Å². The van der Waals surface area contributed by atoms with E-state index in [9.17, 15) is 4.79 Å². The molecule has 0 aromatic heterocycles. The van der Waals surface area contributed by atoms with Crippen molar-refractivity contribution in [1.82, 2.24) is 0 Å². The monoisotopic (exact) mass is 362 g/mol. The summed E-state index contributed by atoms with van der Waals surface area (Å²) < 4.78 is 6.77. The zero-order valence-corrected chi connectivity index (χ0v) is 13.8. The van der Waals surface area contributed by atoms with Crippen molar-refractivity contribution in [2.45, 2.75) is 23.8 Å². The van der Waals surface area contributed by atoms with Gasteiger partial charge in [-0.15, -0.1) is 11.8 Å². The van der Waals surface area contributed by atoms with Crippen LogP contribution in [0.5, 0.6) is 5.75 Å². The van der Waals surface area contributed by atoms with Crippen molar-refractivity contribution in [2.24, 2.45) is 0 Å². The molecule has 0 saturated heterocycles. The van der Waals surface area contributed by atoms with E-state index in [0.29, 0.717) is 11.9 Å². The van der Waals surface area contributed by atoms with E-state index in [0.717, 1.165) is 33.5 Å². The normalized spacial score (nSPS) is 14.0. The number of hydrogen-bond acceptors (Lipinski definition) is 3. The van der Waals surface area contributed by atoms with E-state index in [1.807, 2.05) is 48.5 Å². The van der Waals surface area contributed by atoms with Gasteiger partial charge in [-0.25, -0.2) is 0 Å². The fraction of sp³-hybridized carbons (Fsp3) is 0.235. The largest absolute Gasteiger partial charge is 0.490 e. The summed E-state index contributed by atoms with van der Waals surface area (Å²) in [6.45, 7) is 0. The zero-order valence-electron chi connectivity index (χ0n) is 11.4. The van der Waals surface area contributed by atoms with Gasteiger partial charge in [0.1, 0.15) is 5.75 Å². The number of hydrogen-bond donors (Lipinski definition) is 0. The minimum absolute atomic E-state index is 0.129. The van der Waals surface area contributed by atoms with Gasteiger partial charge in [0.05, 0.1) is 11.9 Å². The maximum absolute atomic E-state index is 12.3. The molecule has 0 unspecified atom stereocenters. The van der Waals surface area contributed by atoms with Gasteiger partial charge >= 0.3 is 0 Å². The first-order valence-corrected chi connectivity index (χ1v) is 8.67. The van der Waals surface area contributed by atoms with Crippen LogP contribution in [-0.4, -0.2) is 17.6 Å². The Morgan fingerprint density at radius 3 is 2.67 bits per heavy atom. The third-order valence-corrected chi connectivity index (χ3v) is 4.71. The van der Waals surface area contributed by atoms with Crippen LogP contribution >= 0.6 is 27.7 Å². The quantitative estimate of drug-likeness (QED) is 0.536. The Balaban J connectivity index is 1.60. The highest BCUT2D eigenvalue weighted by molar-refractivity contribution is 9.10. The van der Waals surface area contributed by atoms with E-state index < -0.39 is 0 Å². The van der Waals surface area contributed by atoms with Gasteiger partial charge < -0.3 is 4.74 Å². The Hall–Kier alpha value is -1.26. The molecular weight excluding hydrogens is 348 g/mol. The first kappa shape index (κ1) is 14.7. The predicted molar refractivity (Wildman–Crippen MR) is 89.3 cm³/mol. The van der Waals surface area contributed by atoms with Crippen LogP contribution in [0.4, 0.5) is 0 Å². The molecule has 1 aliphatic rings. The second-order valence-electron chi connectivity index (χ2n) is 5.01. The Morgan fingerprint density at radius 1 is 1.19 bits per heavy atom. The minimum atomic E-state index is 0.129. The molecule has 0 heterocycles. The smallest absolute Gasteiger partial charge is 0.173 e. The van der Waals surface area contributed by atoms with Crippen LogP contribution in [0.25, 0.3) is 0 Å². The number of benzene rings is 2. The average molecular weight is 363 g/mol. The summed E-state index contributed by atoms with van der Waals surface area (Å²) >= 11 is 4.96. The van der Waals surface area contributed by atoms with Crippen LogP contribution in [0.2, 0.25) is 0 Å². The molecule has 0 radical (unpaired) electrons. The van der Waals surface area contributed by atoms with Crippen molar-refractivity contribution in [3.8, 4) is 5.75 Å². The van der Waals surface area contributed by atoms with Crippen LogP contribution in [-0.2, 0) is 0 Å². The number of halogens is 1. The van der Waals surface area contributed by atoms with Crippen molar-refractivity contribution >= 4 is 33.5 Å². The van der Waals surface area contributed by atoms with E-state index in [2.05, 4.69) is 15.9 Å². The molecule has 0 amide bonds. The van der Waals surface area contributed by atoms with Gasteiger partial charge in [-0.05, 0) is 49.2 Å². The third-order valence-electron chi connectivity index (χ3n) is 3.17. The molecule has 21 heavy (non-hydrogen) atoms. The van der Waals surface area contributed by atoms with Gasteiger partial charge in [0.15, 0.2) is 5.78 Å².